The van der Waals surface area contributed by atoms with E-state index in [0.717, 1.165) is 16.1 Å². The van der Waals surface area contributed by atoms with Crippen LogP contribution in [-0.4, -0.2) is 21.2 Å². The van der Waals surface area contributed by atoms with Crippen LogP contribution in [0.1, 0.15) is 19.8 Å². The highest BCUT2D eigenvalue weighted by Gasteiger charge is 2.30. The van der Waals surface area contributed by atoms with Crippen molar-refractivity contribution in [2.24, 2.45) is 0 Å². The van der Waals surface area contributed by atoms with E-state index in [1.54, 1.807) is 6.08 Å². The minimum absolute atomic E-state index is 0.278. The predicted octanol–water partition coefficient (Wildman–Crippen LogP) is 4.88. The Morgan fingerprint density at radius 3 is 2.12 bits per heavy atom. The maximum Gasteiger partial charge on any atom is 0.249 e. The highest BCUT2D eigenvalue weighted by atomic mass is 79.9. The van der Waals surface area contributed by atoms with E-state index < -0.39 is 29.0 Å². The maximum absolute atomic E-state index is 12.1. The number of sulfone groups is 2. The van der Waals surface area contributed by atoms with E-state index in [0.29, 0.717) is 16.3 Å². The van der Waals surface area contributed by atoms with Crippen LogP contribution in [0.4, 0.5) is 0 Å². The van der Waals surface area contributed by atoms with Gasteiger partial charge in [-0.3, -0.25) is 5.41 Å². The molecule has 0 atom stereocenters. The van der Waals surface area contributed by atoms with Gasteiger partial charge in [-0.25, -0.2) is 16.8 Å². The number of hydrogen-bond donors (Lipinski definition) is 1. The number of nitrogens with one attached hydrogen (secondary N) is 1. The summed E-state index contributed by atoms with van der Waals surface area (Å²) in [7, 11) is -8.92. The molecular formula is C16H19Br2NO4S2. The predicted molar refractivity (Wildman–Crippen MR) is 112 cm³/mol. The molecule has 0 bridgehead atoms. The van der Waals surface area contributed by atoms with Gasteiger partial charge in [0.15, 0.2) is 0 Å². The molecule has 0 spiro atoms. The zero-order valence-electron chi connectivity index (χ0n) is 13.6. The van der Waals surface area contributed by atoms with Crippen LogP contribution in [0.2, 0.25) is 0 Å². The van der Waals surface area contributed by atoms with E-state index in [2.05, 4.69) is 51.6 Å². The molecule has 138 valence electrons. The molecule has 0 aromatic heterocycles. The van der Waals surface area contributed by atoms with Gasteiger partial charge >= 0.3 is 0 Å². The van der Waals surface area contributed by atoms with Crippen molar-refractivity contribution in [3.8, 4) is 0 Å². The zero-order valence-corrected chi connectivity index (χ0v) is 18.4. The van der Waals surface area contributed by atoms with Crippen LogP contribution in [0, 0.1) is 5.41 Å². The van der Waals surface area contributed by atoms with E-state index >= 15 is 0 Å². The van der Waals surface area contributed by atoms with E-state index in [1.165, 1.54) is 12.2 Å². The third kappa shape index (κ3) is 7.39. The molecule has 0 saturated heterocycles. The van der Waals surface area contributed by atoms with Gasteiger partial charge in [-0.2, -0.15) is 0 Å². The van der Waals surface area contributed by atoms with Crippen molar-refractivity contribution in [3.05, 3.63) is 68.9 Å². The largest absolute Gasteiger partial charge is 0.279 e. The molecule has 0 saturated carbocycles. The molecule has 0 rings (SSSR count). The van der Waals surface area contributed by atoms with Crippen LogP contribution in [-0.2, 0) is 19.7 Å². The lowest BCUT2D eigenvalue weighted by molar-refractivity contribution is 0.609. The SMILES string of the molecule is C=C/C(Br)=C(/CC)C/C=C/S(=O)(=O)C(=N)S(=O)(=O)C(=C)/C=C\C(=C)Br. The summed E-state index contributed by atoms with van der Waals surface area (Å²) in [6.45, 7) is 12.3. The average Bonchev–Trinajstić information content (AvgIpc) is 2.54. The van der Waals surface area contributed by atoms with Crippen LogP contribution >= 0.6 is 31.9 Å². The van der Waals surface area contributed by atoms with Gasteiger partial charge < -0.3 is 0 Å². The fraction of sp³-hybridized carbons (Fsp3) is 0.188. The Bertz CT molecular complexity index is 877. The van der Waals surface area contributed by atoms with Gasteiger partial charge in [0, 0.05) is 14.4 Å². The average molecular weight is 513 g/mol. The second kappa shape index (κ2) is 10.2. The first-order chi connectivity index (χ1) is 11.4. The first-order valence-corrected chi connectivity index (χ1v) is 11.5. The van der Waals surface area contributed by atoms with Crippen molar-refractivity contribution < 1.29 is 16.8 Å². The van der Waals surface area contributed by atoms with E-state index in [9.17, 15) is 16.8 Å². The van der Waals surface area contributed by atoms with Gasteiger partial charge in [-0.1, -0.05) is 76.2 Å². The van der Waals surface area contributed by atoms with Crippen molar-refractivity contribution in [1.29, 1.82) is 5.41 Å². The Labute approximate surface area is 166 Å². The molecular weight excluding hydrogens is 494 g/mol. The lowest BCUT2D eigenvalue weighted by atomic mass is 10.1. The van der Waals surface area contributed by atoms with Crippen molar-refractivity contribution >= 4 is 55.9 Å². The fourth-order valence-electron chi connectivity index (χ4n) is 1.48. The Balaban J connectivity index is 5.50. The quantitative estimate of drug-likeness (QED) is 0.285. The Kier molecular flexibility index (Phi) is 9.78. The second-order valence-electron chi connectivity index (χ2n) is 4.67. The third-order valence-corrected chi connectivity index (χ3v) is 7.77. The molecule has 1 N–H and O–H groups in total. The Hall–Kier alpha value is -1.03. The summed E-state index contributed by atoms with van der Waals surface area (Å²) < 4.78 is 48.2. The van der Waals surface area contributed by atoms with E-state index in [1.807, 2.05) is 6.92 Å². The lowest BCUT2D eigenvalue weighted by Crippen LogP contribution is -2.22. The molecule has 25 heavy (non-hydrogen) atoms. The van der Waals surface area contributed by atoms with Crippen molar-refractivity contribution in [3.63, 3.8) is 0 Å². The summed E-state index contributed by atoms with van der Waals surface area (Å²) in [5, 5.41) is 8.28. The molecule has 0 radical (unpaired) electrons. The lowest BCUT2D eigenvalue weighted by Gasteiger charge is -2.05. The first kappa shape index (κ1) is 24.0. The molecule has 0 aromatic carbocycles. The Morgan fingerprint density at radius 1 is 1.12 bits per heavy atom. The summed E-state index contributed by atoms with van der Waals surface area (Å²) >= 11 is 6.31. The molecule has 0 aliphatic heterocycles. The highest BCUT2D eigenvalue weighted by Crippen LogP contribution is 2.21. The molecule has 0 aliphatic rings. The van der Waals surface area contributed by atoms with Crippen LogP contribution < -0.4 is 0 Å². The topological polar surface area (TPSA) is 92.1 Å². The molecule has 0 heterocycles. The summed E-state index contributed by atoms with van der Waals surface area (Å²) in [5.74, 6) is 0. The number of rotatable bonds is 8. The minimum Gasteiger partial charge on any atom is -0.279 e. The van der Waals surface area contributed by atoms with Crippen molar-refractivity contribution in [2.75, 3.05) is 0 Å². The molecule has 0 amide bonds. The standard InChI is InChI=1S/C16H19Br2NO4S2/c1-5-14(15(18)6-2)8-7-11-24(20,21)16(19)25(22,23)13(4)10-9-12(3)17/h6-7,9-11,19H,2-5,8H2,1H3/b10-9-,11-7+,15-14+,19-16?. The van der Waals surface area contributed by atoms with Gasteiger partial charge in [-0.05, 0) is 25.0 Å². The number of halogens is 2. The summed E-state index contributed by atoms with van der Waals surface area (Å²) in [5.41, 5.74) is 0.888. The number of hydrogen-bond acceptors (Lipinski definition) is 5. The normalized spacial score (nSPS) is 13.7. The molecule has 0 aliphatic carbocycles. The Morgan fingerprint density at radius 2 is 1.68 bits per heavy atom. The zero-order chi connectivity index (χ0) is 19.8. The highest BCUT2D eigenvalue weighted by molar-refractivity contribution is 9.12. The summed E-state index contributed by atoms with van der Waals surface area (Å²) in [6.07, 6.45) is 6.18. The monoisotopic (exact) mass is 511 g/mol. The first-order valence-electron chi connectivity index (χ1n) is 6.86. The molecule has 9 heteroatoms. The third-order valence-electron chi connectivity index (χ3n) is 2.88. The van der Waals surface area contributed by atoms with Crippen LogP contribution in [0.5, 0.6) is 0 Å². The summed E-state index contributed by atoms with van der Waals surface area (Å²) in [4.78, 5) is -0.515. The van der Waals surface area contributed by atoms with Crippen LogP contribution in [0.25, 0.3) is 0 Å². The summed E-state index contributed by atoms with van der Waals surface area (Å²) in [6, 6.07) is 0. The molecule has 0 unspecified atom stereocenters. The van der Waals surface area contributed by atoms with Gasteiger partial charge in [-0.15, -0.1) is 0 Å². The van der Waals surface area contributed by atoms with Crippen LogP contribution in [0.3, 0.4) is 0 Å². The smallest absolute Gasteiger partial charge is 0.249 e. The van der Waals surface area contributed by atoms with Crippen molar-refractivity contribution in [1.82, 2.24) is 0 Å². The maximum atomic E-state index is 12.1. The van der Waals surface area contributed by atoms with Crippen molar-refractivity contribution in [2.45, 2.75) is 19.8 Å². The van der Waals surface area contributed by atoms with E-state index in [4.69, 9.17) is 5.41 Å². The van der Waals surface area contributed by atoms with Gasteiger partial charge in [0.05, 0.1) is 4.91 Å². The van der Waals surface area contributed by atoms with Crippen LogP contribution in [0.15, 0.2) is 68.9 Å². The minimum atomic E-state index is -4.51. The van der Waals surface area contributed by atoms with E-state index in [-0.39, 0.29) is 6.42 Å². The molecule has 0 fully saturated rings. The molecule has 5 nitrogen and oxygen atoms in total. The molecule has 0 aromatic rings. The van der Waals surface area contributed by atoms with Gasteiger partial charge in [0.25, 0.3) is 0 Å². The fourth-order valence-corrected chi connectivity index (χ4v) is 4.72. The van der Waals surface area contributed by atoms with Gasteiger partial charge in [0.2, 0.25) is 24.1 Å². The van der Waals surface area contributed by atoms with Gasteiger partial charge in [0.1, 0.15) is 0 Å². The second-order valence-corrected chi connectivity index (χ2v) is 10.5. The number of allylic oxidation sites excluding steroid dienone is 7.